The Kier molecular flexibility index (Phi) is 3.55. The number of amides is 2. The smallest absolute Gasteiger partial charge is 0.407 e. The van der Waals surface area contributed by atoms with Crippen LogP contribution in [0.5, 0.6) is 5.75 Å². The molecule has 2 amide bonds. The Morgan fingerprint density at radius 2 is 2.37 bits per heavy atom. The van der Waals surface area contributed by atoms with Crippen molar-refractivity contribution in [3.8, 4) is 5.75 Å². The molecule has 2 atom stereocenters. The number of cyclic esters (lactones) is 1. The van der Waals surface area contributed by atoms with Gasteiger partial charge in [0.15, 0.2) is 11.6 Å². The van der Waals surface area contributed by atoms with Crippen molar-refractivity contribution < 1.29 is 23.8 Å². The SMILES string of the molecule is CC(=O)NC(c1ccc(O)c(F)c1)[C@@H]1CNC(=O)O1. The molecule has 7 heteroatoms. The van der Waals surface area contributed by atoms with Crippen LogP contribution in [-0.2, 0) is 9.53 Å². The van der Waals surface area contributed by atoms with E-state index in [1.165, 1.54) is 19.1 Å². The summed E-state index contributed by atoms with van der Waals surface area (Å²) in [6, 6.07) is 3.07. The molecule has 1 aliphatic heterocycles. The fourth-order valence-electron chi connectivity index (χ4n) is 1.92. The standard InChI is InChI=1S/C12H13FN2O4/c1-6(16)15-11(10-5-14-12(18)19-10)7-2-3-9(17)8(13)4-7/h2-4,10-11,17H,5H2,1H3,(H,14,18)(H,15,16)/t10-,11?/m0/s1. The molecule has 1 aromatic rings. The van der Waals surface area contributed by atoms with Crippen molar-refractivity contribution in [2.75, 3.05) is 6.54 Å². The number of halogens is 1. The maximum Gasteiger partial charge on any atom is 0.407 e. The van der Waals surface area contributed by atoms with Crippen LogP contribution < -0.4 is 10.6 Å². The summed E-state index contributed by atoms with van der Waals surface area (Å²) in [5.74, 6) is -1.61. The number of rotatable bonds is 3. The topological polar surface area (TPSA) is 87.7 Å². The van der Waals surface area contributed by atoms with Crippen molar-refractivity contribution >= 4 is 12.0 Å². The maximum atomic E-state index is 13.4. The number of carbonyl (C=O) groups is 2. The van der Waals surface area contributed by atoms with E-state index < -0.39 is 29.8 Å². The minimum Gasteiger partial charge on any atom is -0.505 e. The average Bonchev–Trinajstić information content (AvgIpc) is 2.76. The van der Waals surface area contributed by atoms with E-state index in [4.69, 9.17) is 9.84 Å². The normalized spacial score (nSPS) is 19.5. The van der Waals surface area contributed by atoms with Crippen LogP contribution in [-0.4, -0.2) is 29.8 Å². The largest absolute Gasteiger partial charge is 0.505 e. The first-order chi connectivity index (χ1) is 8.97. The lowest BCUT2D eigenvalue weighted by Crippen LogP contribution is -2.37. The van der Waals surface area contributed by atoms with Crippen LogP contribution in [0.4, 0.5) is 9.18 Å². The summed E-state index contributed by atoms with van der Waals surface area (Å²) in [4.78, 5) is 22.2. The molecule has 0 radical (unpaired) electrons. The number of hydrogen-bond donors (Lipinski definition) is 3. The third-order valence-electron chi connectivity index (χ3n) is 2.77. The van der Waals surface area contributed by atoms with Crippen LogP contribution in [0.3, 0.4) is 0 Å². The quantitative estimate of drug-likeness (QED) is 0.757. The first-order valence-electron chi connectivity index (χ1n) is 5.67. The Labute approximate surface area is 108 Å². The average molecular weight is 268 g/mol. The highest BCUT2D eigenvalue weighted by molar-refractivity contribution is 5.74. The van der Waals surface area contributed by atoms with E-state index in [0.29, 0.717) is 5.56 Å². The van der Waals surface area contributed by atoms with Gasteiger partial charge in [0.1, 0.15) is 6.10 Å². The van der Waals surface area contributed by atoms with Gasteiger partial charge in [0.05, 0.1) is 12.6 Å². The molecule has 3 N–H and O–H groups in total. The summed E-state index contributed by atoms with van der Waals surface area (Å²) in [6.45, 7) is 1.53. The number of nitrogens with one attached hydrogen (secondary N) is 2. The van der Waals surface area contributed by atoms with Crippen molar-refractivity contribution in [1.82, 2.24) is 10.6 Å². The van der Waals surface area contributed by atoms with Gasteiger partial charge in [-0.2, -0.15) is 0 Å². The Morgan fingerprint density at radius 1 is 1.63 bits per heavy atom. The molecule has 0 spiro atoms. The molecule has 1 aromatic carbocycles. The monoisotopic (exact) mass is 268 g/mol. The molecule has 0 saturated carbocycles. The highest BCUT2D eigenvalue weighted by Gasteiger charge is 2.32. The molecule has 2 rings (SSSR count). The maximum absolute atomic E-state index is 13.4. The minimum atomic E-state index is -0.801. The summed E-state index contributed by atoms with van der Waals surface area (Å²) in [5.41, 5.74) is 0.409. The van der Waals surface area contributed by atoms with E-state index in [0.717, 1.165) is 6.07 Å². The molecule has 1 heterocycles. The second-order valence-electron chi connectivity index (χ2n) is 4.21. The van der Waals surface area contributed by atoms with E-state index in [2.05, 4.69) is 10.6 Å². The van der Waals surface area contributed by atoms with Gasteiger partial charge in [0.25, 0.3) is 0 Å². The summed E-state index contributed by atoms with van der Waals surface area (Å²) in [6.07, 6.45) is -1.21. The summed E-state index contributed by atoms with van der Waals surface area (Å²) >= 11 is 0. The van der Waals surface area contributed by atoms with Crippen molar-refractivity contribution in [3.05, 3.63) is 29.6 Å². The Morgan fingerprint density at radius 3 is 2.89 bits per heavy atom. The van der Waals surface area contributed by atoms with Crippen molar-refractivity contribution in [1.29, 1.82) is 0 Å². The minimum absolute atomic E-state index is 0.215. The number of benzene rings is 1. The van der Waals surface area contributed by atoms with Crippen molar-refractivity contribution in [3.63, 3.8) is 0 Å². The number of aromatic hydroxyl groups is 1. The van der Waals surface area contributed by atoms with Crippen LogP contribution in [0.25, 0.3) is 0 Å². The van der Waals surface area contributed by atoms with Gasteiger partial charge in [0.2, 0.25) is 5.91 Å². The zero-order chi connectivity index (χ0) is 14.0. The Bertz CT molecular complexity index is 520. The molecule has 6 nitrogen and oxygen atoms in total. The molecular formula is C12H13FN2O4. The first-order valence-corrected chi connectivity index (χ1v) is 5.67. The van der Waals surface area contributed by atoms with E-state index in [1.807, 2.05) is 0 Å². The van der Waals surface area contributed by atoms with Gasteiger partial charge >= 0.3 is 6.09 Å². The molecular weight excluding hydrogens is 255 g/mol. The van der Waals surface area contributed by atoms with Crippen LogP contribution in [0, 0.1) is 5.82 Å². The van der Waals surface area contributed by atoms with Gasteiger partial charge < -0.3 is 20.5 Å². The molecule has 0 aromatic heterocycles. The van der Waals surface area contributed by atoms with Gasteiger partial charge in [0, 0.05) is 6.92 Å². The second-order valence-corrected chi connectivity index (χ2v) is 4.21. The van der Waals surface area contributed by atoms with Crippen LogP contribution in [0.15, 0.2) is 18.2 Å². The van der Waals surface area contributed by atoms with Crippen molar-refractivity contribution in [2.24, 2.45) is 0 Å². The number of alkyl carbamates (subject to hydrolysis) is 1. The number of hydrogen-bond acceptors (Lipinski definition) is 4. The van der Waals surface area contributed by atoms with Crippen LogP contribution >= 0.6 is 0 Å². The lowest BCUT2D eigenvalue weighted by molar-refractivity contribution is -0.120. The van der Waals surface area contributed by atoms with Gasteiger partial charge in [-0.3, -0.25) is 4.79 Å². The van der Waals surface area contributed by atoms with E-state index in [9.17, 15) is 14.0 Å². The van der Waals surface area contributed by atoms with Gasteiger partial charge in [-0.25, -0.2) is 9.18 Å². The number of ether oxygens (including phenoxy) is 1. The number of phenols is 1. The third-order valence-corrected chi connectivity index (χ3v) is 2.77. The molecule has 19 heavy (non-hydrogen) atoms. The lowest BCUT2D eigenvalue weighted by atomic mass is 10.0. The summed E-state index contributed by atoms with van der Waals surface area (Å²) in [7, 11) is 0. The molecule has 1 aliphatic rings. The van der Waals surface area contributed by atoms with Crippen LogP contribution in [0.2, 0.25) is 0 Å². The van der Waals surface area contributed by atoms with E-state index in [-0.39, 0.29) is 12.5 Å². The van der Waals surface area contributed by atoms with Gasteiger partial charge in [-0.15, -0.1) is 0 Å². The predicted octanol–water partition coefficient (Wildman–Crippen LogP) is 0.817. The first kappa shape index (κ1) is 13.1. The van der Waals surface area contributed by atoms with Gasteiger partial charge in [-0.05, 0) is 17.7 Å². The molecule has 102 valence electrons. The highest BCUT2D eigenvalue weighted by atomic mass is 19.1. The van der Waals surface area contributed by atoms with E-state index >= 15 is 0 Å². The predicted molar refractivity (Wildman–Crippen MR) is 62.9 cm³/mol. The fraction of sp³-hybridized carbons (Fsp3) is 0.333. The zero-order valence-corrected chi connectivity index (χ0v) is 10.1. The van der Waals surface area contributed by atoms with Crippen molar-refractivity contribution in [2.45, 2.75) is 19.1 Å². The summed E-state index contributed by atoms with van der Waals surface area (Å²) in [5, 5.41) is 14.2. The molecule has 1 fully saturated rings. The molecule has 0 bridgehead atoms. The molecule has 1 saturated heterocycles. The Hall–Kier alpha value is -2.31. The number of phenolic OH excluding ortho intramolecular Hbond substituents is 1. The lowest BCUT2D eigenvalue weighted by Gasteiger charge is -2.22. The van der Waals surface area contributed by atoms with E-state index in [1.54, 1.807) is 0 Å². The highest BCUT2D eigenvalue weighted by Crippen LogP contribution is 2.25. The third kappa shape index (κ3) is 2.93. The molecule has 1 unspecified atom stereocenters. The summed E-state index contributed by atoms with van der Waals surface area (Å²) < 4.78 is 18.4. The van der Waals surface area contributed by atoms with Crippen LogP contribution in [0.1, 0.15) is 18.5 Å². The zero-order valence-electron chi connectivity index (χ0n) is 10.1. The number of carbonyl (C=O) groups excluding carboxylic acids is 2. The Balaban J connectivity index is 2.28. The molecule has 0 aliphatic carbocycles. The fourth-order valence-corrected chi connectivity index (χ4v) is 1.92. The second kappa shape index (κ2) is 5.13. The van der Waals surface area contributed by atoms with Gasteiger partial charge in [-0.1, -0.05) is 6.07 Å².